The Hall–Kier alpha value is -1.26. The normalized spacial score (nSPS) is 11.7. The summed E-state index contributed by atoms with van der Waals surface area (Å²) < 4.78 is 52.5. The molecule has 0 spiro atoms. The van der Waals surface area contributed by atoms with E-state index in [1.54, 1.807) is 0 Å². The fourth-order valence-electron chi connectivity index (χ4n) is 1.72. The maximum atomic E-state index is 13.8. The van der Waals surface area contributed by atoms with E-state index in [1.165, 1.54) is 18.2 Å². The van der Waals surface area contributed by atoms with Gasteiger partial charge in [-0.1, -0.05) is 29.3 Å². The Labute approximate surface area is 116 Å². The van der Waals surface area contributed by atoms with Crippen molar-refractivity contribution in [2.75, 3.05) is 0 Å². The van der Waals surface area contributed by atoms with Gasteiger partial charge in [0.25, 0.3) is 0 Å². The van der Waals surface area contributed by atoms with Gasteiger partial charge in [-0.05, 0) is 30.3 Å². The molecule has 0 fully saturated rings. The van der Waals surface area contributed by atoms with Gasteiger partial charge in [0.15, 0.2) is 0 Å². The van der Waals surface area contributed by atoms with Crippen LogP contribution in [0.1, 0.15) is 5.56 Å². The van der Waals surface area contributed by atoms with Crippen LogP contribution in [0, 0.1) is 5.82 Å². The van der Waals surface area contributed by atoms with Crippen LogP contribution in [0.15, 0.2) is 36.4 Å². The van der Waals surface area contributed by atoms with Gasteiger partial charge in [-0.3, -0.25) is 0 Å². The average Bonchev–Trinajstić information content (AvgIpc) is 2.31. The average molecular weight is 309 g/mol. The predicted octanol–water partition coefficient (Wildman–Crippen LogP) is 5.82. The van der Waals surface area contributed by atoms with Crippen molar-refractivity contribution in [1.82, 2.24) is 0 Å². The van der Waals surface area contributed by atoms with Crippen LogP contribution in [0.4, 0.5) is 17.6 Å². The third-order valence-corrected chi connectivity index (χ3v) is 3.08. The summed E-state index contributed by atoms with van der Waals surface area (Å²) >= 11 is 11.6. The largest absolute Gasteiger partial charge is 0.417 e. The van der Waals surface area contributed by atoms with Crippen molar-refractivity contribution in [1.29, 1.82) is 0 Å². The maximum absolute atomic E-state index is 13.8. The van der Waals surface area contributed by atoms with Gasteiger partial charge in [0.05, 0.1) is 5.56 Å². The highest BCUT2D eigenvalue weighted by Crippen LogP contribution is 2.41. The van der Waals surface area contributed by atoms with Gasteiger partial charge in [-0.2, -0.15) is 13.2 Å². The minimum atomic E-state index is -4.68. The molecule has 0 saturated carbocycles. The van der Waals surface area contributed by atoms with Crippen molar-refractivity contribution in [3.63, 3.8) is 0 Å². The van der Waals surface area contributed by atoms with E-state index in [4.69, 9.17) is 23.2 Å². The third kappa shape index (κ3) is 2.85. The van der Waals surface area contributed by atoms with E-state index in [2.05, 4.69) is 0 Å². The number of halogens is 6. The molecule has 0 unspecified atom stereocenters. The first-order valence-electron chi connectivity index (χ1n) is 5.12. The van der Waals surface area contributed by atoms with Gasteiger partial charge in [0.2, 0.25) is 0 Å². The number of benzene rings is 2. The molecule has 0 aliphatic heterocycles. The van der Waals surface area contributed by atoms with E-state index in [-0.39, 0.29) is 15.6 Å². The zero-order chi connectivity index (χ0) is 14.2. The number of hydrogen-bond acceptors (Lipinski definition) is 0. The molecule has 2 aromatic carbocycles. The van der Waals surface area contributed by atoms with Crippen molar-refractivity contribution in [2.45, 2.75) is 6.18 Å². The second kappa shape index (κ2) is 5.02. The summed E-state index contributed by atoms with van der Waals surface area (Å²) in [5, 5.41) is 0.177. The fourth-order valence-corrected chi connectivity index (χ4v) is 2.11. The second-order valence-electron chi connectivity index (χ2n) is 3.78. The van der Waals surface area contributed by atoms with Crippen LogP contribution in [0.5, 0.6) is 0 Å². The smallest absolute Gasteiger partial charge is 0.206 e. The zero-order valence-electron chi connectivity index (χ0n) is 9.23. The van der Waals surface area contributed by atoms with Crippen LogP contribution in [0.2, 0.25) is 10.0 Å². The lowest BCUT2D eigenvalue weighted by Crippen LogP contribution is -2.08. The molecule has 0 radical (unpaired) electrons. The van der Waals surface area contributed by atoms with Crippen LogP contribution in [0.25, 0.3) is 11.1 Å². The second-order valence-corrected chi connectivity index (χ2v) is 4.63. The topological polar surface area (TPSA) is 0 Å². The lowest BCUT2D eigenvalue weighted by Gasteiger charge is -2.15. The highest BCUT2D eigenvalue weighted by molar-refractivity contribution is 6.35. The molecule has 0 bridgehead atoms. The number of hydrogen-bond donors (Lipinski definition) is 0. The highest BCUT2D eigenvalue weighted by atomic mass is 35.5. The molecule has 0 nitrogen and oxygen atoms in total. The molecule has 0 aromatic heterocycles. The molecule has 0 saturated heterocycles. The predicted molar refractivity (Wildman–Crippen MR) is 66.9 cm³/mol. The molecule has 2 aromatic rings. The molecule has 0 heterocycles. The Bertz CT molecular complexity index is 621. The van der Waals surface area contributed by atoms with Gasteiger partial charge >= 0.3 is 6.18 Å². The van der Waals surface area contributed by atoms with Crippen LogP contribution in [0.3, 0.4) is 0 Å². The summed E-state index contributed by atoms with van der Waals surface area (Å²) in [5.41, 5.74) is -1.77. The molecule has 2 rings (SSSR count). The Kier molecular flexibility index (Phi) is 3.74. The quantitative estimate of drug-likeness (QED) is 0.582. The number of alkyl halides is 3. The molecule has 6 heteroatoms. The molecule has 0 aliphatic carbocycles. The van der Waals surface area contributed by atoms with E-state index < -0.39 is 23.1 Å². The first kappa shape index (κ1) is 14.2. The minimum absolute atomic E-state index is 0.000000000000000444. The minimum Gasteiger partial charge on any atom is -0.206 e. The Morgan fingerprint density at radius 3 is 2.26 bits per heavy atom. The van der Waals surface area contributed by atoms with E-state index in [1.807, 2.05) is 0 Å². The Balaban J connectivity index is 2.78. The fraction of sp³-hybridized carbons (Fsp3) is 0.0769. The number of rotatable bonds is 1. The molecule has 19 heavy (non-hydrogen) atoms. The van der Waals surface area contributed by atoms with Gasteiger partial charge in [-0.25, -0.2) is 4.39 Å². The van der Waals surface area contributed by atoms with Crippen molar-refractivity contribution in [3.05, 3.63) is 57.8 Å². The van der Waals surface area contributed by atoms with Gasteiger partial charge < -0.3 is 0 Å². The summed E-state index contributed by atoms with van der Waals surface area (Å²) in [7, 11) is 0. The summed E-state index contributed by atoms with van der Waals surface area (Å²) in [6.45, 7) is 0. The van der Waals surface area contributed by atoms with Gasteiger partial charge in [-0.15, -0.1) is 0 Å². The SMILES string of the molecule is Fc1cccc(C(F)(F)F)c1-c1cc(Cl)ccc1Cl. The van der Waals surface area contributed by atoms with Crippen molar-refractivity contribution in [2.24, 2.45) is 0 Å². The first-order valence-corrected chi connectivity index (χ1v) is 5.87. The lowest BCUT2D eigenvalue weighted by atomic mass is 9.98. The Morgan fingerprint density at radius 1 is 0.947 bits per heavy atom. The lowest BCUT2D eigenvalue weighted by molar-refractivity contribution is -0.137. The highest BCUT2D eigenvalue weighted by Gasteiger charge is 2.35. The Morgan fingerprint density at radius 2 is 1.63 bits per heavy atom. The van der Waals surface area contributed by atoms with E-state index >= 15 is 0 Å². The molecule has 100 valence electrons. The van der Waals surface area contributed by atoms with Crippen LogP contribution >= 0.6 is 23.2 Å². The van der Waals surface area contributed by atoms with Gasteiger partial charge in [0, 0.05) is 21.2 Å². The van der Waals surface area contributed by atoms with Gasteiger partial charge in [0.1, 0.15) is 5.82 Å². The first-order chi connectivity index (χ1) is 8.80. The summed E-state index contributed by atoms with van der Waals surface area (Å²) in [6.07, 6.45) is -4.68. The monoisotopic (exact) mass is 308 g/mol. The standard InChI is InChI=1S/C13H6Cl2F4/c14-7-4-5-10(15)8(6-7)12-9(13(17,18)19)2-1-3-11(12)16/h1-6H. The van der Waals surface area contributed by atoms with Crippen molar-refractivity contribution < 1.29 is 17.6 Å². The van der Waals surface area contributed by atoms with E-state index in [9.17, 15) is 17.6 Å². The van der Waals surface area contributed by atoms with Crippen LogP contribution in [-0.2, 0) is 6.18 Å². The zero-order valence-corrected chi connectivity index (χ0v) is 10.7. The maximum Gasteiger partial charge on any atom is 0.417 e. The molecule has 0 amide bonds. The molecule has 0 atom stereocenters. The van der Waals surface area contributed by atoms with Crippen LogP contribution in [-0.4, -0.2) is 0 Å². The summed E-state index contributed by atoms with van der Waals surface area (Å²) in [6, 6.07) is 6.70. The summed E-state index contributed by atoms with van der Waals surface area (Å²) in [5.74, 6) is -1.00. The third-order valence-electron chi connectivity index (χ3n) is 2.52. The molecular weight excluding hydrogens is 303 g/mol. The van der Waals surface area contributed by atoms with E-state index in [0.29, 0.717) is 0 Å². The van der Waals surface area contributed by atoms with Crippen LogP contribution < -0.4 is 0 Å². The molecular formula is C13H6Cl2F4. The molecule has 0 aliphatic rings. The summed E-state index contributed by atoms with van der Waals surface area (Å²) in [4.78, 5) is 0. The van der Waals surface area contributed by atoms with Crippen molar-refractivity contribution in [3.8, 4) is 11.1 Å². The molecule has 0 N–H and O–H groups in total. The van der Waals surface area contributed by atoms with E-state index in [0.717, 1.165) is 18.2 Å². The van der Waals surface area contributed by atoms with Crippen molar-refractivity contribution >= 4 is 23.2 Å².